The summed E-state index contributed by atoms with van der Waals surface area (Å²) < 4.78 is 12.5. The van der Waals surface area contributed by atoms with Crippen molar-refractivity contribution in [1.29, 1.82) is 0 Å². The number of hydrogen-bond acceptors (Lipinski definition) is 2. The van der Waals surface area contributed by atoms with Gasteiger partial charge in [-0.3, -0.25) is 0 Å². The molecule has 0 unspecified atom stereocenters. The highest BCUT2D eigenvalue weighted by atomic mass is 16.5. The quantitative estimate of drug-likeness (QED) is 0.689. The van der Waals surface area contributed by atoms with Gasteiger partial charge in [-0.15, -0.1) is 0 Å². The smallest absolute Gasteiger partial charge is 0.113 e. The van der Waals surface area contributed by atoms with Gasteiger partial charge in [0.15, 0.2) is 0 Å². The van der Waals surface area contributed by atoms with Crippen LogP contribution in [0.15, 0.2) is 60.7 Å². The SMILES string of the molecule is CC(C)O[C@H](c1ccccc1)[C@H](OC(C)C)c1ccccc1. The van der Waals surface area contributed by atoms with Gasteiger partial charge in [-0.2, -0.15) is 0 Å². The Labute approximate surface area is 134 Å². The fourth-order valence-electron chi connectivity index (χ4n) is 2.52. The van der Waals surface area contributed by atoms with Crippen molar-refractivity contribution in [3.63, 3.8) is 0 Å². The molecule has 0 amide bonds. The minimum Gasteiger partial charge on any atom is -0.368 e. The summed E-state index contributed by atoms with van der Waals surface area (Å²) >= 11 is 0. The maximum atomic E-state index is 6.23. The zero-order chi connectivity index (χ0) is 15.9. The van der Waals surface area contributed by atoms with E-state index in [4.69, 9.17) is 9.47 Å². The van der Waals surface area contributed by atoms with Gasteiger partial charge in [-0.1, -0.05) is 60.7 Å². The monoisotopic (exact) mass is 298 g/mol. The van der Waals surface area contributed by atoms with Crippen molar-refractivity contribution < 1.29 is 9.47 Å². The Morgan fingerprint density at radius 1 is 0.545 bits per heavy atom. The van der Waals surface area contributed by atoms with Gasteiger partial charge in [0.25, 0.3) is 0 Å². The maximum Gasteiger partial charge on any atom is 0.113 e. The molecule has 0 saturated carbocycles. The van der Waals surface area contributed by atoms with Crippen molar-refractivity contribution in [1.82, 2.24) is 0 Å². The third kappa shape index (κ3) is 4.69. The molecule has 2 aromatic rings. The Hall–Kier alpha value is -1.64. The molecule has 0 heterocycles. The van der Waals surface area contributed by atoms with E-state index in [0.717, 1.165) is 11.1 Å². The lowest BCUT2D eigenvalue weighted by atomic mass is 9.97. The lowest BCUT2D eigenvalue weighted by molar-refractivity contribution is -0.115. The number of hydrogen-bond donors (Lipinski definition) is 0. The van der Waals surface area contributed by atoms with Crippen LogP contribution in [0.2, 0.25) is 0 Å². The third-order valence-electron chi connectivity index (χ3n) is 3.37. The molecule has 0 radical (unpaired) electrons. The summed E-state index contributed by atoms with van der Waals surface area (Å²) in [6, 6.07) is 20.6. The molecule has 0 aliphatic rings. The first-order valence-corrected chi connectivity index (χ1v) is 7.98. The molecular weight excluding hydrogens is 272 g/mol. The van der Waals surface area contributed by atoms with E-state index < -0.39 is 0 Å². The predicted octanol–water partition coefficient (Wildman–Crippen LogP) is 5.32. The van der Waals surface area contributed by atoms with Crippen molar-refractivity contribution in [2.45, 2.75) is 52.1 Å². The molecule has 0 saturated heterocycles. The van der Waals surface area contributed by atoms with Crippen molar-refractivity contribution in [3.05, 3.63) is 71.8 Å². The van der Waals surface area contributed by atoms with Crippen molar-refractivity contribution >= 4 is 0 Å². The molecule has 0 bridgehead atoms. The summed E-state index contributed by atoms with van der Waals surface area (Å²) in [4.78, 5) is 0. The summed E-state index contributed by atoms with van der Waals surface area (Å²) in [6.07, 6.45) is 0.0244. The van der Waals surface area contributed by atoms with Crippen LogP contribution in [0.25, 0.3) is 0 Å². The van der Waals surface area contributed by atoms with Gasteiger partial charge < -0.3 is 9.47 Å². The van der Waals surface area contributed by atoms with Gasteiger partial charge in [0.2, 0.25) is 0 Å². The van der Waals surface area contributed by atoms with Crippen LogP contribution in [0, 0.1) is 0 Å². The summed E-state index contributed by atoms with van der Waals surface area (Å²) in [5.74, 6) is 0. The van der Waals surface area contributed by atoms with E-state index in [1.54, 1.807) is 0 Å². The fraction of sp³-hybridized carbons (Fsp3) is 0.400. The first-order valence-electron chi connectivity index (χ1n) is 7.98. The Balaban J connectivity index is 2.39. The second-order valence-electron chi connectivity index (χ2n) is 6.03. The van der Waals surface area contributed by atoms with Crippen molar-refractivity contribution in [2.24, 2.45) is 0 Å². The molecule has 0 aliphatic carbocycles. The molecule has 0 aliphatic heterocycles. The highest BCUT2D eigenvalue weighted by Gasteiger charge is 2.28. The second kappa shape index (κ2) is 8.11. The zero-order valence-corrected chi connectivity index (χ0v) is 13.9. The molecule has 0 spiro atoms. The molecule has 118 valence electrons. The van der Waals surface area contributed by atoms with E-state index in [2.05, 4.69) is 52.0 Å². The van der Waals surface area contributed by atoms with Crippen LogP contribution in [0.3, 0.4) is 0 Å². The average Bonchev–Trinajstić information content (AvgIpc) is 2.52. The molecule has 2 aromatic carbocycles. The van der Waals surface area contributed by atoms with Crippen LogP contribution < -0.4 is 0 Å². The Morgan fingerprint density at radius 3 is 1.14 bits per heavy atom. The maximum absolute atomic E-state index is 6.23. The Bertz CT molecular complexity index is 483. The van der Waals surface area contributed by atoms with E-state index in [-0.39, 0.29) is 24.4 Å². The van der Waals surface area contributed by atoms with E-state index in [1.807, 2.05) is 36.4 Å². The van der Waals surface area contributed by atoms with Gasteiger partial charge in [-0.25, -0.2) is 0 Å². The summed E-state index contributed by atoms with van der Waals surface area (Å²) in [7, 11) is 0. The Morgan fingerprint density at radius 2 is 0.864 bits per heavy atom. The zero-order valence-electron chi connectivity index (χ0n) is 13.9. The van der Waals surface area contributed by atoms with E-state index in [1.165, 1.54) is 0 Å². The lowest BCUT2D eigenvalue weighted by Gasteiger charge is -2.31. The van der Waals surface area contributed by atoms with E-state index in [0.29, 0.717) is 0 Å². The van der Waals surface area contributed by atoms with Crippen LogP contribution >= 0.6 is 0 Å². The fourth-order valence-corrected chi connectivity index (χ4v) is 2.52. The molecule has 2 nitrogen and oxygen atoms in total. The summed E-state index contributed by atoms with van der Waals surface area (Å²) in [6.45, 7) is 8.25. The van der Waals surface area contributed by atoms with Crippen molar-refractivity contribution in [3.8, 4) is 0 Å². The van der Waals surface area contributed by atoms with Crippen molar-refractivity contribution in [2.75, 3.05) is 0 Å². The van der Waals surface area contributed by atoms with Gasteiger partial charge >= 0.3 is 0 Å². The van der Waals surface area contributed by atoms with Gasteiger partial charge in [0.05, 0.1) is 12.2 Å². The first kappa shape index (κ1) is 16.7. The molecule has 22 heavy (non-hydrogen) atoms. The standard InChI is InChI=1S/C20H26O2/c1-15(2)21-19(17-11-7-5-8-12-17)20(22-16(3)4)18-13-9-6-10-14-18/h5-16,19-20H,1-4H3/t19-,20-/m1/s1. The number of benzene rings is 2. The number of ether oxygens (including phenoxy) is 2. The summed E-state index contributed by atoms with van der Waals surface area (Å²) in [5, 5.41) is 0. The minimum atomic E-state index is -0.119. The van der Waals surface area contributed by atoms with Gasteiger partial charge in [0.1, 0.15) is 12.2 Å². The van der Waals surface area contributed by atoms with Crippen LogP contribution in [-0.2, 0) is 9.47 Å². The normalized spacial score (nSPS) is 14.3. The topological polar surface area (TPSA) is 18.5 Å². The first-order chi connectivity index (χ1) is 10.6. The molecular formula is C20H26O2. The van der Waals surface area contributed by atoms with Crippen LogP contribution in [-0.4, -0.2) is 12.2 Å². The highest BCUT2D eigenvalue weighted by Crippen LogP contribution is 2.36. The molecule has 2 atom stereocenters. The van der Waals surface area contributed by atoms with Gasteiger partial charge in [0, 0.05) is 0 Å². The minimum absolute atomic E-state index is 0.119. The van der Waals surface area contributed by atoms with Crippen LogP contribution in [0.1, 0.15) is 51.0 Å². The molecule has 2 rings (SSSR count). The largest absolute Gasteiger partial charge is 0.368 e. The number of rotatable bonds is 7. The average molecular weight is 298 g/mol. The van der Waals surface area contributed by atoms with E-state index >= 15 is 0 Å². The van der Waals surface area contributed by atoms with E-state index in [9.17, 15) is 0 Å². The second-order valence-corrected chi connectivity index (χ2v) is 6.03. The third-order valence-corrected chi connectivity index (χ3v) is 3.37. The molecule has 2 heteroatoms. The van der Waals surface area contributed by atoms with Crippen LogP contribution in [0.5, 0.6) is 0 Å². The van der Waals surface area contributed by atoms with Crippen LogP contribution in [0.4, 0.5) is 0 Å². The molecule has 0 fully saturated rings. The highest BCUT2D eigenvalue weighted by molar-refractivity contribution is 5.25. The predicted molar refractivity (Wildman–Crippen MR) is 90.8 cm³/mol. The Kier molecular flexibility index (Phi) is 6.17. The molecule has 0 aromatic heterocycles. The molecule has 0 N–H and O–H groups in total. The van der Waals surface area contributed by atoms with Gasteiger partial charge in [-0.05, 0) is 38.8 Å². The summed E-state index contributed by atoms with van der Waals surface area (Å²) in [5.41, 5.74) is 2.29. The lowest BCUT2D eigenvalue weighted by Crippen LogP contribution is -2.23.